The largest absolute Gasteiger partial charge is 0.483 e. The third-order valence-corrected chi connectivity index (χ3v) is 6.28. The third kappa shape index (κ3) is 6.60. The summed E-state index contributed by atoms with van der Waals surface area (Å²) in [7, 11) is 0. The van der Waals surface area contributed by atoms with E-state index in [4.69, 9.17) is 4.74 Å². The molecule has 34 heavy (non-hydrogen) atoms. The minimum Gasteiger partial charge on any atom is -0.483 e. The third-order valence-electron chi connectivity index (χ3n) is 5.31. The lowest BCUT2D eigenvalue weighted by Gasteiger charge is -2.12. The first-order valence-corrected chi connectivity index (χ1v) is 12.1. The van der Waals surface area contributed by atoms with E-state index in [1.165, 1.54) is 11.8 Å². The smallest absolute Gasteiger partial charge is 0.258 e. The minimum absolute atomic E-state index is 0.0773. The number of para-hydroxylation sites is 1. The number of carbonyl (C=O) groups is 2. The number of aromatic nitrogens is 3. The van der Waals surface area contributed by atoms with Crippen molar-refractivity contribution in [1.29, 1.82) is 0 Å². The highest BCUT2D eigenvalue weighted by Gasteiger charge is 2.15. The molecule has 3 rings (SSSR count). The van der Waals surface area contributed by atoms with Crippen LogP contribution in [0, 0.1) is 27.7 Å². The van der Waals surface area contributed by atoms with Gasteiger partial charge < -0.3 is 19.9 Å². The molecule has 0 radical (unpaired) electrons. The van der Waals surface area contributed by atoms with Gasteiger partial charge in [-0.25, -0.2) is 0 Å². The zero-order valence-electron chi connectivity index (χ0n) is 20.3. The topological polar surface area (TPSA) is 98.1 Å². The fraction of sp³-hybridized carbons (Fsp3) is 0.360. The molecule has 0 unspecified atom stereocenters. The van der Waals surface area contributed by atoms with Gasteiger partial charge in [-0.3, -0.25) is 9.59 Å². The van der Waals surface area contributed by atoms with Crippen LogP contribution in [0.5, 0.6) is 5.75 Å². The maximum atomic E-state index is 12.4. The molecule has 1 heterocycles. The van der Waals surface area contributed by atoms with Gasteiger partial charge in [-0.1, -0.05) is 42.1 Å². The molecule has 0 aliphatic carbocycles. The zero-order chi connectivity index (χ0) is 24.7. The number of thioether (sulfide) groups is 1. The second-order valence-corrected chi connectivity index (χ2v) is 9.03. The first kappa shape index (κ1) is 25.3. The second kappa shape index (κ2) is 11.7. The molecule has 0 fully saturated rings. The number of anilines is 1. The standard InChI is InChI=1S/C25H31N5O3S/c1-6-30-21(13-26-22(31)14-33-24-18(4)8-7-9-19(24)5)28-29-25(30)34-15-23(32)27-20-12-16(2)10-11-17(20)3/h7-12H,6,13-15H2,1-5H3,(H,26,31)(H,27,32). The van der Waals surface area contributed by atoms with Crippen molar-refractivity contribution in [3.05, 3.63) is 64.5 Å². The quantitative estimate of drug-likeness (QED) is 0.426. The Bertz CT molecular complexity index is 1160. The number of nitrogens with zero attached hydrogens (tertiary/aromatic N) is 3. The molecule has 1 aromatic heterocycles. The predicted octanol–water partition coefficient (Wildman–Crippen LogP) is 3.96. The molecular weight excluding hydrogens is 450 g/mol. The maximum absolute atomic E-state index is 12.4. The van der Waals surface area contributed by atoms with Gasteiger partial charge in [0.05, 0.1) is 12.3 Å². The van der Waals surface area contributed by atoms with E-state index >= 15 is 0 Å². The average molecular weight is 482 g/mol. The predicted molar refractivity (Wildman–Crippen MR) is 134 cm³/mol. The van der Waals surface area contributed by atoms with Crippen LogP contribution in [0.3, 0.4) is 0 Å². The Morgan fingerprint density at radius 2 is 1.74 bits per heavy atom. The molecular formula is C25H31N5O3S. The summed E-state index contributed by atoms with van der Waals surface area (Å²) in [6.45, 7) is 10.6. The summed E-state index contributed by atoms with van der Waals surface area (Å²) in [5.41, 5.74) is 4.89. The van der Waals surface area contributed by atoms with E-state index in [0.717, 1.165) is 33.7 Å². The lowest BCUT2D eigenvalue weighted by Crippen LogP contribution is -2.29. The summed E-state index contributed by atoms with van der Waals surface area (Å²) < 4.78 is 7.60. The SMILES string of the molecule is CCn1c(CNC(=O)COc2c(C)cccc2C)nnc1SCC(=O)Nc1cc(C)ccc1C. The van der Waals surface area contributed by atoms with E-state index < -0.39 is 0 Å². The van der Waals surface area contributed by atoms with Crippen molar-refractivity contribution in [2.24, 2.45) is 0 Å². The number of benzene rings is 2. The highest BCUT2D eigenvalue weighted by Crippen LogP contribution is 2.22. The highest BCUT2D eigenvalue weighted by molar-refractivity contribution is 7.99. The van der Waals surface area contributed by atoms with E-state index in [0.29, 0.717) is 17.5 Å². The number of rotatable bonds is 10. The number of hydrogen-bond acceptors (Lipinski definition) is 6. The number of hydrogen-bond donors (Lipinski definition) is 2. The molecule has 0 bridgehead atoms. The Morgan fingerprint density at radius 1 is 1.00 bits per heavy atom. The van der Waals surface area contributed by atoms with Gasteiger partial charge in [0, 0.05) is 12.2 Å². The molecule has 2 aromatic carbocycles. The van der Waals surface area contributed by atoms with Gasteiger partial charge in [-0.15, -0.1) is 10.2 Å². The lowest BCUT2D eigenvalue weighted by atomic mass is 10.1. The van der Waals surface area contributed by atoms with Crippen LogP contribution in [0.25, 0.3) is 0 Å². The van der Waals surface area contributed by atoms with Crippen LogP contribution in [0.2, 0.25) is 0 Å². The first-order valence-electron chi connectivity index (χ1n) is 11.2. The van der Waals surface area contributed by atoms with Crippen LogP contribution in [0.4, 0.5) is 5.69 Å². The molecule has 2 amide bonds. The summed E-state index contributed by atoms with van der Waals surface area (Å²) in [6, 6.07) is 11.8. The second-order valence-electron chi connectivity index (χ2n) is 8.08. The zero-order valence-corrected chi connectivity index (χ0v) is 21.1. The van der Waals surface area contributed by atoms with Crippen molar-refractivity contribution in [1.82, 2.24) is 20.1 Å². The molecule has 0 saturated carbocycles. The summed E-state index contributed by atoms with van der Waals surface area (Å²) >= 11 is 1.31. The van der Waals surface area contributed by atoms with Crippen LogP contribution < -0.4 is 15.4 Å². The molecule has 0 aliphatic rings. The van der Waals surface area contributed by atoms with Crippen molar-refractivity contribution in [2.75, 3.05) is 17.7 Å². The Balaban J connectivity index is 1.52. The summed E-state index contributed by atoms with van der Waals surface area (Å²) in [6.07, 6.45) is 0. The number of ether oxygens (including phenoxy) is 1. The average Bonchev–Trinajstić information content (AvgIpc) is 3.20. The normalized spacial score (nSPS) is 10.7. The molecule has 9 heteroatoms. The van der Waals surface area contributed by atoms with Crippen molar-refractivity contribution in [2.45, 2.75) is 52.9 Å². The van der Waals surface area contributed by atoms with E-state index in [1.54, 1.807) is 0 Å². The molecule has 0 saturated heterocycles. The molecule has 180 valence electrons. The van der Waals surface area contributed by atoms with Crippen molar-refractivity contribution < 1.29 is 14.3 Å². The monoisotopic (exact) mass is 481 g/mol. The first-order chi connectivity index (χ1) is 16.3. The fourth-order valence-electron chi connectivity index (χ4n) is 3.45. The van der Waals surface area contributed by atoms with E-state index in [1.807, 2.05) is 75.6 Å². The van der Waals surface area contributed by atoms with Gasteiger partial charge in [0.1, 0.15) is 5.75 Å². The molecule has 0 spiro atoms. The molecule has 3 aromatic rings. The van der Waals surface area contributed by atoms with Gasteiger partial charge >= 0.3 is 0 Å². The summed E-state index contributed by atoms with van der Waals surface area (Å²) in [4.78, 5) is 24.8. The lowest BCUT2D eigenvalue weighted by molar-refractivity contribution is -0.123. The molecule has 8 nitrogen and oxygen atoms in total. The maximum Gasteiger partial charge on any atom is 0.258 e. The number of aryl methyl sites for hydroxylation is 4. The van der Waals surface area contributed by atoms with Gasteiger partial charge in [0.2, 0.25) is 5.91 Å². The highest BCUT2D eigenvalue weighted by atomic mass is 32.2. The van der Waals surface area contributed by atoms with Crippen LogP contribution in [-0.4, -0.2) is 38.9 Å². The van der Waals surface area contributed by atoms with Crippen LogP contribution in [-0.2, 0) is 22.7 Å². The van der Waals surface area contributed by atoms with Crippen LogP contribution >= 0.6 is 11.8 Å². The van der Waals surface area contributed by atoms with Gasteiger partial charge in [0.25, 0.3) is 5.91 Å². The van der Waals surface area contributed by atoms with E-state index in [9.17, 15) is 9.59 Å². The van der Waals surface area contributed by atoms with E-state index in [-0.39, 0.29) is 30.7 Å². The van der Waals surface area contributed by atoms with Gasteiger partial charge in [-0.2, -0.15) is 0 Å². The van der Waals surface area contributed by atoms with Gasteiger partial charge in [-0.05, 0) is 62.9 Å². The Labute approximate surface area is 204 Å². The Hall–Kier alpha value is -3.33. The van der Waals surface area contributed by atoms with Crippen molar-refractivity contribution >= 4 is 29.3 Å². The van der Waals surface area contributed by atoms with Crippen molar-refractivity contribution in [3.63, 3.8) is 0 Å². The Kier molecular flexibility index (Phi) is 8.70. The molecule has 0 atom stereocenters. The molecule has 0 aliphatic heterocycles. The Morgan fingerprint density at radius 3 is 2.44 bits per heavy atom. The number of amides is 2. The van der Waals surface area contributed by atoms with Crippen molar-refractivity contribution in [3.8, 4) is 5.75 Å². The van der Waals surface area contributed by atoms with Crippen LogP contribution in [0.1, 0.15) is 35.0 Å². The summed E-state index contributed by atoms with van der Waals surface area (Å²) in [5.74, 6) is 1.22. The van der Waals surface area contributed by atoms with Gasteiger partial charge in [0.15, 0.2) is 17.6 Å². The molecule has 2 N–H and O–H groups in total. The fourth-order valence-corrected chi connectivity index (χ4v) is 4.28. The van der Waals surface area contributed by atoms with Crippen LogP contribution in [0.15, 0.2) is 41.6 Å². The number of carbonyl (C=O) groups excluding carboxylic acids is 2. The summed E-state index contributed by atoms with van der Waals surface area (Å²) in [5, 5.41) is 14.8. The minimum atomic E-state index is -0.240. The number of nitrogens with one attached hydrogen (secondary N) is 2. The van der Waals surface area contributed by atoms with E-state index in [2.05, 4.69) is 20.8 Å².